The number of hydrogen-bond donors (Lipinski definition) is 1. The molecule has 1 N–H and O–H groups in total. The monoisotopic (exact) mass is 440 g/mol. The first-order valence-electron chi connectivity index (χ1n) is 11.4. The lowest BCUT2D eigenvalue weighted by atomic mass is 9.99. The van der Waals surface area contributed by atoms with Gasteiger partial charge in [-0.25, -0.2) is 4.79 Å². The number of furan rings is 1. The van der Waals surface area contributed by atoms with Crippen LogP contribution in [0.4, 0.5) is 4.79 Å². The summed E-state index contributed by atoms with van der Waals surface area (Å²) in [7, 11) is 1.99. The van der Waals surface area contributed by atoms with Gasteiger partial charge in [-0.15, -0.1) is 0 Å². The number of nitrogens with zero attached hydrogens (tertiary/aromatic N) is 3. The number of nitrogens with one attached hydrogen (secondary N) is 1. The predicted octanol–water partition coefficient (Wildman–Crippen LogP) is 5.00. The fraction of sp³-hybridized carbons (Fsp3) is 0.259. The first-order valence-corrected chi connectivity index (χ1v) is 11.4. The van der Waals surface area contributed by atoms with Gasteiger partial charge in [-0.05, 0) is 48.1 Å². The Labute approximate surface area is 193 Å². The van der Waals surface area contributed by atoms with E-state index < -0.39 is 0 Å². The average Bonchev–Trinajstić information content (AvgIpc) is 3.59. The molecule has 0 saturated heterocycles. The molecule has 0 spiro atoms. The summed E-state index contributed by atoms with van der Waals surface area (Å²) >= 11 is 0. The Balaban J connectivity index is 1.44. The molecule has 1 aliphatic rings. The molecule has 2 aromatic carbocycles. The molecular weight excluding hydrogens is 412 g/mol. The highest BCUT2D eigenvalue weighted by Crippen LogP contribution is 2.27. The summed E-state index contributed by atoms with van der Waals surface area (Å²) in [6.45, 7) is 0.812. The highest BCUT2D eigenvalue weighted by atomic mass is 16.3. The van der Waals surface area contributed by atoms with E-state index in [0.717, 1.165) is 41.8 Å². The lowest BCUT2D eigenvalue weighted by molar-refractivity contribution is 0.184. The molecule has 5 rings (SSSR count). The van der Waals surface area contributed by atoms with Crippen LogP contribution in [-0.4, -0.2) is 20.7 Å². The van der Waals surface area contributed by atoms with E-state index >= 15 is 0 Å². The van der Waals surface area contributed by atoms with Crippen LogP contribution in [0, 0.1) is 0 Å². The van der Waals surface area contributed by atoms with Crippen LogP contribution in [0.1, 0.15) is 46.3 Å². The first-order chi connectivity index (χ1) is 16.2. The Morgan fingerprint density at radius 3 is 2.33 bits per heavy atom. The minimum absolute atomic E-state index is 0.151. The van der Waals surface area contributed by atoms with Crippen LogP contribution >= 0.6 is 0 Å². The summed E-state index contributed by atoms with van der Waals surface area (Å²) < 4.78 is 7.55. The summed E-state index contributed by atoms with van der Waals surface area (Å²) in [5, 5.41) is 8.01. The quantitative estimate of drug-likeness (QED) is 0.440. The Morgan fingerprint density at radius 1 is 1.00 bits per heavy atom. The van der Waals surface area contributed by atoms with Crippen molar-refractivity contribution in [3.63, 3.8) is 0 Å². The molecule has 0 saturated carbocycles. The molecule has 0 atom stereocenters. The molecule has 6 nitrogen and oxygen atoms in total. The van der Waals surface area contributed by atoms with Crippen LogP contribution in [0.2, 0.25) is 0 Å². The van der Waals surface area contributed by atoms with E-state index in [1.165, 1.54) is 11.3 Å². The molecule has 6 heteroatoms. The standard InChI is InChI=1S/C27H28N4O2/c1-30-25-16-8-15-23(25)24(29-30)19-31(18-22-14-9-17-33-22)27(32)28-26(20-10-4-2-5-11-20)21-12-6-3-7-13-21/h2-7,9-14,17,26H,8,15-16,18-19H2,1H3,(H,28,32). The van der Waals surface area contributed by atoms with Crippen molar-refractivity contribution in [1.82, 2.24) is 20.0 Å². The molecule has 168 valence electrons. The fourth-order valence-corrected chi connectivity index (χ4v) is 4.66. The molecule has 0 aliphatic heterocycles. The van der Waals surface area contributed by atoms with Gasteiger partial charge < -0.3 is 14.6 Å². The van der Waals surface area contributed by atoms with Crippen LogP contribution in [0.5, 0.6) is 0 Å². The number of urea groups is 1. The average molecular weight is 441 g/mol. The van der Waals surface area contributed by atoms with Gasteiger partial charge >= 0.3 is 6.03 Å². The van der Waals surface area contributed by atoms with E-state index in [9.17, 15) is 4.79 Å². The Morgan fingerprint density at radius 2 is 1.70 bits per heavy atom. The van der Waals surface area contributed by atoms with E-state index in [1.54, 1.807) is 11.2 Å². The van der Waals surface area contributed by atoms with Gasteiger partial charge in [0.15, 0.2) is 0 Å². The SMILES string of the molecule is Cn1nc(CN(Cc2ccco2)C(=O)NC(c2ccccc2)c2ccccc2)c2c1CCC2. The van der Waals surface area contributed by atoms with Crippen LogP contribution in [0.3, 0.4) is 0 Å². The van der Waals surface area contributed by atoms with Gasteiger partial charge in [0.1, 0.15) is 5.76 Å². The fourth-order valence-electron chi connectivity index (χ4n) is 4.66. The highest BCUT2D eigenvalue weighted by Gasteiger charge is 2.26. The molecular formula is C27H28N4O2. The number of amides is 2. The maximum Gasteiger partial charge on any atom is 0.318 e. The minimum Gasteiger partial charge on any atom is -0.467 e. The van der Waals surface area contributed by atoms with Crippen molar-refractivity contribution in [2.24, 2.45) is 7.05 Å². The van der Waals surface area contributed by atoms with Gasteiger partial charge in [0.25, 0.3) is 0 Å². The van der Waals surface area contributed by atoms with Crippen molar-refractivity contribution < 1.29 is 9.21 Å². The molecule has 0 radical (unpaired) electrons. The molecule has 0 fully saturated rings. The summed E-state index contributed by atoms with van der Waals surface area (Å²) in [6.07, 6.45) is 4.85. The number of aryl methyl sites for hydroxylation is 1. The van der Waals surface area contributed by atoms with Gasteiger partial charge in [-0.2, -0.15) is 5.10 Å². The number of hydrogen-bond acceptors (Lipinski definition) is 3. The van der Waals surface area contributed by atoms with Crippen LogP contribution < -0.4 is 5.32 Å². The van der Waals surface area contributed by atoms with Gasteiger partial charge in [0.05, 0.1) is 31.1 Å². The van der Waals surface area contributed by atoms with E-state index in [0.29, 0.717) is 13.1 Å². The Kier molecular flexibility index (Phi) is 5.98. The topological polar surface area (TPSA) is 63.3 Å². The van der Waals surface area contributed by atoms with Gasteiger partial charge in [-0.1, -0.05) is 60.7 Å². The zero-order chi connectivity index (χ0) is 22.6. The largest absolute Gasteiger partial charge is 0.467 e. The van der Waals surface area contributed by atoms with Crippen molar-refractivity contribution in [2.75, 3.05) is 0 Å². The molecule has 0 bridgehead atoms. The van der Waals surface area contributed by atoms with E-state index in [1.807, 2.05) is 84.5 Å². The maximum absolute atomic E-state index is 13.7. The Bertz CT molecular complexity index is 1160. The van der Waals surface area contributed by atoms with E-state index in [-0.39, 0.29) is 12.1 Å². The van der Waals surface area contributed by atoms with Crippen molar-refractivity contribution in [1.29, 1.82) is 0 Å². The maximum atomic E-state index is 13.7. The van der Waals surface area contributed by atoms with Gasteiger partial charge in [-0.3, -0.25) is 4.68 Å². The third-order valence-electron chi connectivity index (χ3n) is 6.29. The molecule has 4 aromatic rings. The molecule has 2 heterocycles. The van der Waals surface area contributed by atoms with Crippen molar-refractivity contribution in [3.8, 4) is 0 Å². The second-order valence-electron chi connectivity index (χ2n) is 8.49. The molecule has 2 amide bonds. The number of carbonyl (C=O) groups excluding carboxylic acids is 1. The predicted molar refractivity (Wildman–Crippen MR) is 126 cm³/mol. The Hall–Kier alpha value is -3.80. The van der Waals surface area contributed by atoms with Crippen molar-refractivity contribution >= 4 is 6.03 Å². The lowest BCUT2D eigenvalue weighted by Gasteiger charge is -2.26. The highest BCUT2D eigenvalue weighted by molar-refractivity contribution is 5.75. The van der Waals surface area contributed by atoms with Gasteiger partial charge in [0, 0.05) is 12.7 Å². The first kappa shape index (κ1) is 21.1. The third-order valence-corrected chi connectivity index (χ3v) is 6.29. The van der Waals surface area contributed by atoms with Crippen molar-refractivity contribution in [2.45, 2.75) is 38.4 Å². The van der Waals surface area contributed by atoms with Gasteiger partial charge in [0.2, 0.25) is 0 Å². The summed E-state index contributed by atoms with van der Waals surface area (Å²) in [4.78, 5) is 15.5. The summed E-state index contributed by atoms with van der Waals surface area (Å²) in [5.74, 6) is 0.744. The lowest BCUT2D eigenvalue weighted by Crippen LogP contribution is -2.41. The minimum atomic E-state index is -0.256. The number of benzene rings is 2. The smallest absolute Gasteiger partial charge is 0.318 e. The van der Waals surface area contributed by atoms with E-state index in [4.69, 9.17) is 9.52 Å². The third kappa shape index (κ3) is 4.55. The van der Waals surface area contributed by atoms with Crippen molar-refractivity contribution in [3.05, 3.63) is 113 Å². The zero-order valence-electron chi connectivity index (χ0n) is 18.8. The number of rotatable bonds is 7. The zero-order valence-corrected chi connectivity index (χ0v) is 18.8. The second-order valence-corrected chi connectivity index (χ2v) is 8.49. The molecule has 2 aromatic heterocycles. The van der Waals surface area contributed by atoms with Crippen LogP contribution in [0.25, 0.3) is 0 Å². The molecule has 33 heavy (non-hydrogen) atoms. The van der Waals surface area contributed by atoms with Crippen LogP contribution in [-0.2, 0) is 33.0 Å². The normalized spacial score (nSPS) is 12.7. The van der Waals surface area contributed by atoms with E-state index in [2.05, 4.69) is 5.32 Å². The molecule has 1 aliphatic carbocycles. The number of fused-ring (bicyclic) bond motifs is 1. The molecule has 0 unspecified atom stereocenters. The summed E-state index contributed by atoms with van der Waals surface area (Å²) in [6, 6.07) is 23.5. The number of carbonyl (C=O) groups is 1. The van der Waals surface area contributed by atoms with Crippen LogP contribution in [0.15, 0.2) is 83.5 Å². The second kappa shape index (κ2) is 9.36. The summed E-state index contributed by atoms with van der Waals surface area (Å²) in [5.41, 5.74) is 5.62. The number of aromatic nitrogens is 2.